The Morgan fingerprint density at radius 3 is 2.84 bits per heavy atom. The summed E-state index contributed by atoms with van der Waals surface area (Å²) in [6, 6.07) is 9.22. The molecule has 0 aromatic heterocycles. The molecule has 1 fully saturated rings. The summed E-state index contributed by atoms with van der Waals surface area (Å²) in [5, 5.41) is 2.25. The van der Waals surface area contributed by atoms with Gasteiger partial charge < -0.3 is 10.1 Å². The van der Waals surface area contributed by atoms with Gasteiger partial charge in [0.05, 0.1) is 12.6 Å². The third kappa shape index (κ3) is 3.09. The second kappa shape index (κ2) is 5.99. The van der Waals surface area contributed by atoms with Gasteiger partial charge >= 0.3 is 6.09 Å². The Labute approximate surface area is 110 Å². The third-order valence-corrected chi connectivity index (χ3v) is 2.88. The maximum atomic E-state index is 11.8. The maximum absolute atomic E-state index is 11.8. The van der Waals surface area contributed by atoms with Gasteiger partial charge in [0.15, 0.2) is 0 Å². The van der Waals surface area contributed by atoms with Gasteiger partial charge in [0.2, 0.25) is 6.41 Å². The van der Waals surface area contributed by atoms with Crippen LogP contribution in [0, 0.1) is 0 Å². The van der Waals surface area contributed by atoms with Crippen LogP contribution in [-0.4, -0.2) is 42.5 Å². The van der Waals surface area contributed by atoms with Crippen LogP contribution in [0.1, 0.15) is 5.56 Å². The van der Waals surface area contributed by atoms with Crippen LogP contribution in [0.3, 0.4) is 0 Å². The van der Waals surface area contributed by atoms with Gasteiger partial charge in [-0.25, -0.2) is 9.69 Å². The third-order valence-electron chi connectivity index (χ3n) is 2.88. The molecule has 6 heteroatoms. The molecule has 6 nitrogen and oxygen atoms in total. The van der Waals surface area contributed by atoms with Crippen molar-refractivity contribution in [3.63, 3.8) is 0 Å². The zero-order chi connectivity index (χ0) is 13.7. The van der Waals surface area contributed by atoms with Crippen molar-refractivity contribution < 1.29 is 19.1 Å². The first-order valence-corrected chi connectivity index (χ1v) is 5.92. The van der Waals surface area contributed by atoms with Gasteiger partial charge in [-0.3, -0.25) is 9.59 Å². The fourth-order valence-corrected chi connectivity index (χ4v) is 2.02. The number of rotatable bonds is 5. The highest BCUT2D eigenvalue weighted by atomic mass is 16.6. The van der Waals surface area contributed by atoms with Crippen molar-refractivity contribution in [2.45, 2.75) is 12.5 Å². The summed E-state index contributed by atoms with van der Waals surface area (Å²) in [4.78, 5) is 34.6. The molecule has 1 aromatic rings. The molecule has 0 bridgehead atoms. The molecule has 1 heterocycles. The van der Waals surface area contributed by atoms with E-state index in [-0.39, 0.29) is 19.2 Å². The fraction of sp³-hybridized carbons (Fsp3) is 0.308. The zero-order valence-corrected chi connectivity index (χ0v) is 10.2. The summed E-state index contributed by atoms with van der Waals surface area (Å²) in [6.45, 7) is -0.0234. The predicted molar refractivity (Wildman–Crippen MR) is 66.2 cm³/mol. The van der Waals surface area contributed by atoms with E-state index in [1.54, 1.807) is 0 Å². The van der Waals surface area contributed by atoms with Crippen molar-refractivity contribution in [3.8, 4) is 0 Å². The van der Waals surface area contributed by atoms with Gasteiger partial charge in [0, 0.05) is 0 Å². The second-order valence-electron chi connectivity index (χ2n) is 4.18. The molecular weight excluding hydrogens is 248 g/mol. The van der Waals surface area contributed by atoms with Gasteiger partial charge in [-0.05, 0) is 12.0 Å². The van der Waals surface area contributed by atoms with Gasteiger partial charge in [-0.2, -0.15) is 0 Å². The van der Waals surface area contributed by atoms with Crippen molar-refractivity contribution in [2.75, 3.05) is 13.2 Å². The molecule has 1 aromatic carbocycles. The molecule has 0 unspecified atom stereocenters. The number of benzene rings is 1. The average Bonchev–Trinajstić information content (AvgIpc) is 2.78. The lowest BCUT2D eigenvalue weighted by molar-refractivity contribution is -0.129. The second-order valence-corrected chi connectivity index (χ2v) is 4.18. The normalized spacial score (nSPS) is 18.0. The molecule has 1 aliphatic heterocycles. The molecule has 2 rings (SSSR count). The first-order valence-electron chi connectivity index (χ1n) is 5.92. The Bertz CT molecular complexity index is 475. The summed E-state index contributed by atoms with van der Waals surface area (Å²) >= 11 is 0. The van der Waals surface area contributed by atoms with Gasteiger partial charge in [0.25, 0.3) is 5.91 Å². The summed E-state index contributed by atoms with van der Waals surface area (Å²) in [5.41, 5.74) is 1.02. The van der Waals surface area contributed by atoms with E-state index in [1.807, 2.05) is 30.3 Å². The van der Waals surface area contributed by atoms with Crippen LogP contribution in [0.4, 0.5) is 4.79 Å². The van der Waals surface area contributed by atoms with Crippen LogP contribution in [0.2, 0.25) is 0 Å². The number of hydrogen-bond acceptors (Lipinski definition) is 4. The van der Waals surface area contributed by atoms with E-state index in [9.17, 15) is 14.4 Å². The van der Waals surface area contributed by atoms with E-state index in [4.69, 9.17) is 4.74 Å². The molecule has 0 aliphatic carbocycles. The van der Waals surface area contributed by atoms with Crippen LogP contribution in [0.25, 0.3) is 0 Å². The molecule has 100 valence electrons. The number of imide groups is 1. The van der Waals surface area contributed by atoms with E-state index in [2.05, 4.69) is 5.32 Å². The number of hydrogen-bond donors (Lipinski definition) is 1. The molecule has 0 radical (unpaired) electrons. The molecule has 3 amide bonds. The lowest BCUT2D eigenvalue weighted by Crippen LogP contribution is -2.44. The Morgan fingerprint density at radius 2 is 2.16 bits per heavy atom. The zero-order valence-electron chi connectivity index (χ0n) is 10.2. The number of amides is 3. The highest BCUT2D eigenvalue weighted by Crippen LogP contribution is 2.17. The number of nitrogens with zero attached hydrogens (tertiary/aromatic N) is 1. The van der Waals surface area contributed by atoms with Crippen molar-refractivity contribution >= 4 is 18.4 Å². The van der Waals surface area contributed by atoms with E-state index < -0.39 is 12.0 Å². The lowest BCUT2D eigenvalue weighted by atomic mass is 10.1. The van der Waals surface area contributed by atoms with Crippen LogP contribution in [0.15, 0.2) is 30.3 Å². The SMILES string of the molecule is O=CNCC(=O)N1C(=O)OC[C@H]1Cc1ccccc1. The van der Waals surface area contributed by atoms with Gasteiger partial charge in [-0.15, -0.1) is 0 Å². The molecule has 0 spiro atoms. The minimum absolute atomic E-state index is 0.181. The average molecular weight is 262 g/mol. The van der Waals surface area contributed by atoms with E-state index in [1.165, 1.54) is 0 Å². The topological polar surface area (TPSA) is 75.7 Å². The van der Waals surface area contributed by atoms with Crippen LogP contribution >= 0.6 is 0 Å². The van der Waals surface area contributed by atoms with E-state index in [0.717, 1.165) is 10.5 Å². The Kier molecular flexibility index (Phi) is 4.12. The highest BCUT2D eigenvalue weighted by Gasteiger charge is 2.37. The Hall–Kier alpha value is -2.37. The Balaban J connectivity index is 2.05. The van der Waals surface area contributed by atoms with Gasteiger partial charge in [-0.1, -0.05) is 30.3 Å². The van der Waals surface area contributed by atoms with Crippen LogP contribution in [0.5, 0.6) is 0 Å². The molecule has 1 N–H and O–H groups in total. The van der Waals surface area contributed by atoms with Crippen molar-refractivity contribution in [3.05, 3.63) is 35.9 Å². The number of ether oxygens (including phenoxy) is 1. The summed E-state index contributed by atoms with van der Waals surface area (Å²) < 4.78 is 4.90. The fourth-order valence-electron chi connectivity index (χ4n) is 2.02. The summed E-state index contributed by atoms with van der Waals surface area (Å²) in [5.74, 6) is -0.462. The smallest absolute Gasteiger partial charge is 0.417 e. The molecular formula is C13H14N2O4. The standard InChI is InChI=1S/C13H14N2O4/c16-9-14-7-12(17)15-11(8-19-13(15)18)6-10-4-2-1-3-5-10/h1-5,9,11H,6-8H2,(H,14,16)/t11-/m1/s1. The monoisotopic (exact) mass is 262 g/mol. The minimum atomic E-state index is -0.654. The van der Waals surface area contributed by atoms with Crippen LogP contribution < -0.4 is 5.32 Å². The summed E-state index contributed by atoms with van der Waals surface area (Å²) in [6.07, 6.45) is 0.309. The molecule has 1 aliphatic rings. The predicted octanol–water partition coefficient (Wildman–Crippen LogP) is 0.323. The molecule has 19 heavy (non-hydrogen) atoms. The number of cyclic esters (lactones) is 1. The molecule has 1 atom stereocenters. The maximum Gasteiger partial charge on any atom is 0.417 e. The first-order chi connectivity index (χ1) is 9.22. The number of carbonyl (C=O) groups is 3. The highest BCUT2D eigenvalue weighted by molar-refractivity contribution is 5.95. The van der Waals surface area contributed by atoms with E-state index >= 15 is 0 Å². The van der Waals surface area contributed by atoms with Gasteiger partial charge in [0.1, 0.15) is 6.61 Å². The van der Waals surface area contributed by atoms with Crippen molar-refractivity contribution in [2.24, 2.45) is 0 Å². The number of nitrogens with one attached hydrogen (secondary N) is 1. The lowest BCUT2D eigenvalue weighted by Gasteiger charge is -2.19. The van der Waals surface area contributed by atoms with E-state index in [0.29, 0.717) is 12.8 Å². The van der Waals surface area contributed by atoms with Crippen molar-refractivity contribution in [1.29, 1.82) is 0 Å². The number of carbonyl (C=O) groups excluding carboxylic acids is 3. The quantitative estimate of drug-likeness (QED) is 0.775. The largest absolute Gasteiger partial charge is 0.447 e. The Morgan fingerprint density at radius 1 is 1.42 bits per heavy atom. The molecule has 0 saturated carbocycles. The molecule has 1 saturated heterocycles. The van der Waals surface area contributed by atoms with Crippen molar-refractivity contribution in [1.82, 2.24) is 10.2 Å². The first kappa shape index (κ1) is 13.1. The van der Waals surface area contributed by atoms with Crippen LogP contribution in [-0.2, 0) is 20.7 Å². The summed E-state index contributed by atoms with van der Waals surface area (Å²) in [7, 11) is 0. The minimum Gasteiger partial charge on any atom is -0.447 e.